The van der Waals surface area contributed by atoms with E-state index < -0.39 is 5.82 Å². The van der Waals surface area contributed by atoms with Crippen LogP contribution in [0.2, 0.25) is 0 Å². The Hall–Kier alpha value is -1.42. The highest BCUT2D eigenvalue weighted by Crippen LogP contribution is 2.29. The minimum Gasteiger partial charge on any atom is -0.371 e. The summed E-state index contributed by atoms with van der Waals surface area (Å²) < 4.78 is 13.9. The second-order valence-corrected chi connectivity index (χ2v) is 6.05. The van der Waals surface area contributed by atoms with Crippen molar-refractivity contribution in [2.24, 2.45) is 5.92 Å². The first-order valence-corrected chi connectivity index (χ1v) is 7.75. The van der Waals surface area contributed by atoms with Gasteiger partial charge in [-0.1, -0.05) is 13.0 Å². The van der Waals surface area contributed by atoms with Gasteiger partial charge in [0, 0.05) is 19.6 Å². The van der Waals surface area contributed by atoms with Crippen molar-refractivity contribution < 1.29 is 9.18 Å². The Morgan fingerprint density at radius 1 is 1.48 bits per heavy atom. The number of rotatable bonds is 6. The standard InChI is InChI=1S/C17H25FN2O/c1-4-9-19(3)11-14-8-10-20(12-14)16-7-5-6-15(18)17(16)13(2)21/h5-7,14H,4,8-12H2,1-3H3/t14-/m1/s1. The number of halogens is 1. The molecule has 1 fully saturated rings. The predicted molar refractivity (Wildman–Crippen MR) is 84.5 cm³/mol. The zero-order chi connectivity index (χ0) is 15.4. The molecular formula is C17H25FN2O. The summed E-state index contributed by atoms with van der Waals surface area (Å²) in [5.74, 6) is -0.0224. The summed E-state index contributed by atoms with van der Waals surface area (Å²) in [6.45, 7) is 7.59. The first-order valence-electron chi connectivity index (χ1n) is 7.75. The topological polar surface area (TPSA) is 23.6 Å². The van der Waals surface area contributed by atoms with Crippen molar-refractivity contribution in [3.8, 4) is 0 Å². The van der Waals surface area contributed by atoms with E-state index in [1.165, 1.54) is 13.0 Å². The highest BCUT2D eigenvalue weighted by Gasteiger charge is 2.26. The van der Waals surface area contributed by atoms with E-state index in [-0.39, 0.29) is 11.3 Å². The molecule has 1 heterocycles. The van der Waals surface area contributed by atoms with Crippen molar-refractivity contribution in [2.45, 2.75) is 26.7 Å². The van der Waals surface area contributed by atoms with Gasteiger partial charge in [-0.3, -0.25) is 4.79 Å². The summed E-state index contributed by atoms with van der Waals surface area (Å²) >= 11 is 0. The quantitative estimate of drug-likeness (QED) is 0.752. The SMILES string of the molecule is CCCN(C)C[C@H]1CCN(c2cccc(F)c2C(C)=O)C1. The normalized spacial score (nSPS) is 18.5. The van der Waals surface area contributed by atoms with E-state index in [1.54, 1.807) is 6.07 Å². The van der Waals surface area contributed by atoms with E-state index in [9.17, 15) is 9.18 Å². The number of benzene rings is 1. The molecule has 0 unspecified atom stereocenters. The van der Waals surface area contributed by atoms with Gasteiger partial charge in [-0.05, 0) is 51.4 Å². The maximum absolute atomic E-state index is 13.9. The molecule has 1 aliphatic heterocycles. The van der Waals surface area contributed by atoms with E-state index in [4.69, 9.17) is 0 Å². The molecule has 3 nitrogen and oxygen atoms in total. The fraction of sp³-hybridized carbons (Fsp3) is 0.588. The minimum absolute atomic E-state index is 0.199. The first-order chi connectivity index (χ1) is 10.0. The Bertz CT molecular complexity index is 504. The van der Waals surface area contributed by atoms with Gasteiger partial charge in [0.1, 0.15) is 5.82 Å². The molecule has 0 aromatic heterocycles. The van der Waals surface area contributed by atoms with Crippen LogP contribution in [0.4, 0.5) is 10.1 Å². The molecule has 1 aromatic rings. The van der Waals surface area contributed by atoms with Gasteiger partial charge in [0.25, 0.3) is 0 Å². The van der Waals surface area contributed by atoms with Crippen molar-refractivity contribution in [3.63, 3.8) is 0 Å². The fourth-order valence-corrected chi connectivity index (χ4v) is 3.24. The molecule has 1 aliphatic rings. The van der Waals surface area contributed by atoms with Crippen molar-refractivity contribution in [1.82, 2.24) is 4.90 Å². The number of anilines is 1. The van der Waals surface area contributed by atoms with Crippen LogP contribution in [0, 0.1) is 11.7 Å². The minimum atomic E-state index is -0.411. The number of hydrogen-bond acceptors (Lipinski definition) is 3. The third kappa shape index (κ3) is 3.82. The van der Waals surface area contributed by atoms with E-state index in [0.29, 0.717) is 5.92 Å². The van der Waals surface area contributed by atoms with Gasteiger partial charge in [0.05, 0.1) is 11.3 Å². The van der Waals surface area contributed by atoms with Crippen LogP contribution < -0.4 is 4.90 Å². The molecule has 0 spiro atoms. The van der Waals surface area contributed by atoms with Crippen molar-refractivity contribution >= 4 is 11.5 Å². The second kappa shape index (κ2) is 7.03. The molecule has 0 amide bonds. The molecule has 0 aliphatic carbocycles. The van der Waals surface area contributed by atoms with Crippen molar-refractivity contribution in [1.29, 1.82) is 0 Å². The Labute approximate surface area is 126 Å². The molecule has 0 saturated carbocycles. The Morgan fingerprint density at radius 2 is 2.24 bits per heavy atom. The third-order valence-corrected chi connectivity index (χ3v) is 4.15. The molecule has 116 valence electrons. The number of carbonyl (C=O) groups excluding carboxylic acids is 1. The van der Waals surface area contributed by atoms with Crippen LogP contribution in [0.5, 0.6) is 0 Å². The fourth-order valence-electron chi connectivity index (χ4n) is 3.24. The number of nitrogens with zero attached hydrogens (tertiary/aromatic N) is 2. The van der Waals surface area contributed by atoms with Crippen LogP contribution in [0.25, 0.3) is 0 Å². The predicted octanol–water partition coefficient (Wildman–Crippen LogP) is 3.20. The molecule has 1 saturated heterocycles. The van der Waals surface area contributed by atoms with Gasteiger partial charge >= 0.3 is 0 Å². The van der Waals surface area contributed by atoms with Crippen LogP contribution in [0.1, 0.15) is 37.0 Å². The molecule has 0 N–H and O–H groups in total. The number of Topliss-reactive ketones (excluding diaryl/α,β-unsaturated/α-hetero) is 1. The first kappa shape index (κ1) is 16.0. The summed E-state index contributed by atoms with van der Waals surface area (Å²) in [4.78, 5) is 16.2. The van der Waals surface area contributed by atoms with Gasteiger partial charge in [0.2, 0.25) is 0 Å². The van der Waals surface area contributed by atoms with Gasteiger partial charge in [-0.25, -0.2) is 4.39 Å². The second-order valence-electron chi connectivity index (χ2n) is 6.05. The largest absolute Gasteiger partial charge is 0.371 e. The van der Waals surface area contributed by atoms with Gasteiger partial charge in [-0.2, -0.15) is 0 Å². The molecule has 0 bridgehead atoms. The molecule has 4 heteroatoms. The summed E-state index contributed by atoms with van der Waals surface area (Å²) in [5, 5.41) is 0. The lowest BCUT2D eigenvalue weighted by Crippen LogP contribution is -2.29. The van der Waals surface area contributed by atoms with Crippen molar-refractivity contribution in [2.75, 3.05) is 38.1 Å². The van der Waals surface area contributed by atoms with Crippen LogP contribution in [0.3, 0.4) is 0 Å². The van der Waals surface area contributed by atoms with Crippen LogP contribution in [-0.4, -0.2) is 43.9 Å². The lowest BCUT2D eigenvalue weighted by molar-refractivity contribution is 0.101. The maximum Gasteiger partial charge on any atom is 0.164 e. The number of ketones is 1. The summed E-state index contributed by atoms with van der Waals surface area (Å²) in [6, 6.07) is 4.91. The van der Waals surface area contributed by atoms with Crippen LogP contribution >= 0.6 is 0 Å². The molecule has 1 atom stereocenters. The van der Waals surface area contributed by atoms with Gasteiger partial charge < -0.3 is 9.80 Å². The zero-order valence-corrected chi connectivity index (χ0v) is 13.2. The van der Waals surface area contributed by atoms with E-state index in [1.807, 2.05) is 6.07 Å². The highest BCUT2D eigenvalue weighted by molar-refractivity contribution is 6.00. The Morgan fingerprint density at radius 3 is 2.90 bits per heavy atom. The number of carbonyl (C=O) groups is 1. The van der Waals surface area contributed by atoms with Gasteiger partial charge in [0.15, 0.2) is 5.78 Å². The Balaban J connectivity index is 2.08. The lowest BCUT2D eigenvalue weighted by atomic mass is 10.1. The average Bonchev–Trinajstić information content (AvgIpc) is 2.86. The summed E-state index contributed by atoms with van der Waals surface area (Å²) in [5.41, 5.74) is 0.989. The molecule has 0 radical (unpaired) electrons. The molecule has 1 aromatic carbocycles. The number of hydrogen-bond donors (Lipinski definition) is 0. The third-order valence-electron chi connectivity index (χ3n) is 4.15. The summed E-state index contributed by atoms with van der Waals surface area (Å²) in [7, 11) is 2.15. The molecule has 2 rings (SSSR count). The maximum atomic E-state index is 13.9. The lowest BCUT2D eigenvalue weighted by Gasteiger charge is -2.23. The van der Waals surface area contributed by atoms with Gasteiger partial charge in [-0.15, -0.1) is 0 Å². The van der Waals surface area contributed by atoms with E-state index >= 15 is 0 Å². The molecule has 21 heavy (non-hydrogen) atoms. The van der Waals surface area contributed by atoms with Crippen molar-refractivity contribution in [3.05, 3.63) is 29.6 Å². The Kier molecular flexibility index (Phi) is 5.34. The van der Waals surface area contributed by atoms with E-state index in [0.717, 1.165) is 44.7 Å². The van der Waals surface area contributed by atoms with Crippen LogP contribution in [0.15, 0.2) is 18.2 Å². The molecular weight excluding hydrogens is 267 g/mol. The summed E-state index contributed by atoms with van der Waals surface area (Å²) in [6.07, 6.45) is 2.26. The van der Waals surface area contributed by atoms with E-state index in [2.05, 4.69) is 23.8 Å². The zero-order valence-electron chi connectivity index (χ0n) is 13.2. The highest BCUT2D eigenvalue weighted by atomic mass is 19.1. The monoisotopic (exact) mass is 292 g/mol. The van der Waals surface area contributed by atoms with Crippen LogP contribution in [-0.2, 0) is 0 Å². The smallest absolute Gasteiger partial charge is 0.164 e. The average molecular weight is 292 g/mol.